The van der Waals surface area contributed by atoms with Gasteiger partial charge in [-0.2, -0.15) is 0 Å². The normalized spacial score (nSPS) is 22.8. The first kappa shape index (κ1) is 13.6. The molecule has 1 saturated carbocycles. The molecule has 1 aromatic carbocycles. The summed E-state index contributed by atoms with van der Waals surface area (Å²) in [7, 11) is 0. The van der Waals surface area contributed by atoms with Crippen molar-refractivity contribution in [1.29, 1.82) is 0 Å². The van der Waals surface area contributed by atoms with Crippen molar-refractivity contribution in [2.45, 2.75) is 32.6 Å². The maximum atomic E-state index is 12.1. The molecule has 2 rings (SSSR count). The maximum absolute atomic E-state index is 12.1. The average Bonchev–Trinajstić information content (AvgIpc) is 2.39. The number of carbonyl (C=O) groups is 2. The van der Waals surface area contributed by atoms with Gasteiger partial charge in [-0.15, -0.1) is 0 Å². The SMILES string of the molecule is CC1CCC(C(=O)Nc2ccccc2C(=O)O)CC1. The lowest BCUT2D eigenvalue weighted by molar-refractivity contribution is -0.121. The number of para-hydroxylation sites is 1. The highest BCUT2D eigenvalue weighted by atomic mass is 16.4. The van der Waals surface area contributed by atoms with Crippen LogP contribution in [0.1, 0.15) is 43.0 Å². The average molecular weight is 261 g/mol. The molecule has 102 valence electrons. The highest BCUT2D eigenvalue weighted by Crippen LogP contribution is 2.29. The van der Waals surface area contributed by atoms with Gasteiger partial charge in [-0.1, -0.05) is 19.1 Å². The molecular formula is C15H19NO3. The summed E-state index contributed by atoms with van der Waals surface area (Å²) >= 11 is 0. The third kappa shape index (κ3) is 3.34. The smallest absolute Gasteiger partial charge is 0.337 e. The van der Waals surface area contributed by atoms with Crippen molar-refractivity contribution in [2.24, 2.45) is 11.8 Å². The van der Waals surface area contributed by atoms with Gasteiger partial charge in [-0.3, -0.25) is 4.79 Å². The summed E-state index contributed by atoms with van der Waals surface area (Å²) in [4.78, 5) is 23.2. The second-order valence-electron chi connectivity index (χ2n) is 5.30. The summed E-state index contributed by atoms with van der Waals surface area (Å²) in [5, 5.41) is 11.8. The number of carbonyl (C=O) groups excluding carboxylic acids is 1. The van der Waals surface area contributed by atoms with Gasteiger partial charge in [-0.25, -0.2) is 4.79 Å². The summed E-state index contributed by atoms with van der Waals surface area (Å²) < 4.78 is 0. The number of hydrogen-bond acceptors (Lipinski definition) is 2. The van der Waals surface area contributed by atoms with Crippen molar-refractivity contribution in [1.82, 2.24) is 0 Å². The fourth-order valence-corrected chi connectivity index (χ4v) is 2.54. The molecular weight excluding hydrogens is 242 g/mol. The summed E-state index contributed by atoms with van der Waals surface area (Å²) in [6, 6.07) is 6.51. The number of amides is 1. The van der Waals surface area contributed by atoms with E-state index in [0.717, 1.165) is 25.7 Å². The predicted molar refractivity (Wildman–Crippen MR) is 73.2 cm³/mol. The van der Waals surface area contributed by atoms with Crippen molar-refractivity contribution in [2.75, 3.05) is 5.32 Å². The minimum Gasteiger partial charge on any atom is -0.478 e. The number of carboxylic acid groups (broad SMARTS) is 1. The van der Waals surface area contributed by atoms with E-state index in [-0.39, 0.29) is 17.4 Å². The van der Waals surface area contributed by atoms with Gasteiger partial charge in [-0.05, 0) is 43.7 Å². The summed E-state index contributed by atoms with van der Waals surface area (Å²) in [6.45, 7) is 2.20. The van der Waals surface area contributed by atoms with E-state index in [4.69, 9.17) is 5.11 Å². The fraction of sp³-hybridized carbons (Fsp3) is 0.467. The monoisotopic (exact) mass is 261 g/mol. The van der Waals surface area contributed by atoms with Gasteiger partial charge < -0.3 is 10.4 Å². The highest BCUT2D eigenvalue weighted by molar-refractivity contribution is 6.01. The number of benzene rings is 1. The number of aromatic carboxylic acids is 1. The second-order valence-corrected chi connectivity index (χ2v) is 5.30. The van der Waals surface area contributed by atoms with Gasteiger partial charge in [0.05, 0.1) is 11.3 Å². The van der Waals surface area contributed by atoms with Crippen LogP contribution in [-0.2, 0) is 4.79 Å². The van der Waals surface area contributed by atoms with Gasteiger partial charge in [0, 0.05) is 5.92 Å². The molecule has 1 amide bonds. The standard InChI is InChI=1S/C15H19NO3/c1-10-6-8-11(9-7-10)14(17)16-13-5-3-2-4-12(13)15(18)19/h2-5,10-11H,6-9H2,1H3,(H,16,17)(H,18,19). The Morgan fingerprint density at radius 1 is 1.16 bits per heavy atom. The first-order chi connectivity index (χ1) is 9.08. The summed E-state index contributed by atoms with van der Waals surface area (Å²) in [5.74, 6) is -0.373. The van der Waals surface area contributed by atoms with E-state index in [1.165, 1.54) is 6.07 Å². The zero-order chi connectivity index (χ0) is 13.8. The Hall–Kier alpha value is -1.84. The van der Waals surface area contributed by atoms with Gasteiger partial charge in [0.25, 0.3) is 0 Å². The molecule has 0 aromatic heterocycles. The van der Waals surface area contributed by atoms with Crippen LogP contribution in [0.2, 0.25) is 0 Å². The number of anilines is 1. The fourth-order valence-electron chi connectivity index (χ4n) is 2.54. The number of hydrogen-bond donors (Lipinski definition) is 2. The molecule has 0 saturated heterocycles. The zero-order valence-electron chi connectivity index (χ0n) is 11.1. The van der Waals surface area contributed by atoms with Crippen LogP contribution in [0.25, 0.3) is 0 Å². The van der Waals surface area contributed by atoms with E-state index in [9.17, 15) is 9.59 Å². The Bertz CT molecular complexity index is 476. The van der Waals surface area contributed by atoms with Crippen LogP contribution < -0.4 is 5.32 Å². The Balaban J connectivity index is 2.05. The lowest BCUT2D eigenvalue weighted by Crippen LogP contribution is -2.27. The van der Waals surface area contributed by atoms with Crippen molar-refractivity contribution < 1.29 is 14.7 Å². The van der Waals surface area contributed by atoms with E-state index in [1.54, 1.807) is 18.2 Å². The molecule has 0 aliphatic heterocycles. The molecule has 0 bridgehead atoms. The molecule has 1 fully saturated rings. The lowest BCUT2D eigenvalue weighted by Gasteiger charge is -2.25. The molecule has 0 radical (unpaired) electrons. The Morgan fingerprint density at radius 2 is 1.79 bits per heavy atom. The first-order valence-corrected chi connectivity index (χ1v) is 6.71. The quantitative estimate of drug-likeness (QED) is 0.878. The molecule has 1 aliphatic rings. The molecule has 2 N–H and O–H groups in total. The Morgan fingerprint density at radius 3 is 2.42 bits per heavy atom. The van der Waals surface area contributed by atoms with E-state index >= 15 is 0 Å². The van der Waals surface area contributed by atoms with E-state index in [0.29, 0.717) is 11.6 Å². The van der Waals surface area contributed by atoms with E-state index in [2.05, 4.69) is 12.2 Å². The third-order valence-electron chi connectivity index (χ3n) is 3.80. The Labute approximate surface area is 112 Å². The molecule has 1 aliphatic carbocycles. The third-order valence-corrected chi connectivity index (χ3v) is 3.80. The molecule has 4 nitrogen and oxygen atoms in total. The maximum Gasteiger partial charge on any atom is 0.337 e. The van der Waals surface area contributed by atoms with Crippen molar-refractivity contribution in [3.63, 3.8) is 0 Å². The zero-order valence-corrected chi connectivity index (χ0v) is 11.1. The van der Waals surface area contributed by atoms with Crippen molar-refractivity contribution >= 4 is 17.6 Å². The van der Waals surface area contributed by atoms with Gasteiger partial charge >= 0.3 is 5.97 Å². The van der Waals surface area contributed by atoms with Crippen LogP contribution in [0.15, 0.2) is 24.3 Å². The number of carboxylic acids is 1. The van der Waals surface area contributed by atoms with Crippen LogP contribution in [-0.4, -0.2) is 17.0 Å². The second kappa shape index (κ2) is 5.87. The summed E-state index contributed by atoms with van der Waals surface area (Å²) in [5.41, 5.74) is 0.527. The largest absolute Gasteiger partial charge is 0.478 e. The van der Waals surface area contributed by atoms with Crippen molar-refractivity contribution in [3.8, 4) is 0 Å². The molecule has 0 unspecified atom stereocenters. The van der Waals surface area contributed by atoms with Crippen LogP contribution in [0.3, 0.4) is 0 Å². The topological polar surface area (TPSA) is 66.4 Å². The van der Waals surface area contributed by atoms with Crippen LogP contribution in [0.4, 0.5) is 5.69 Å². The van der Waals surface area contributed by atoms with Gasteiger partial charge in [0.1, 0.15) is 0 Å². The molecule has 0 heterocycles. The highest BCUT2D eigenvalue weighted by Gasteiger charge is 2.25. The van der Waals surface area contributed by atoms with Crippen molar-refractivity contribution in [3.05, 3.63) is 29.8 Å². The van der Waals surface area contributed by atoms with Crippen LogP contribution >= 0.6 is 0 Å². The molecule has 4 heteroatoms. The molecule has 0 spiro atoms. The van der Waals surface area contributed by atoms with Crippen LogP contribution in [0, 0.1) is 11.8 Å². The Kier molecular flexibility index (Phi) is 4.20. The number of rotatable bonds is 3. The summed E-state index contributed by atoms with van der Waals surface area (Å²) in [6.07, 6.45) is 3.92. The molecule has 1 aromatic rings. The minimum absolute atomic E-state index is 0.0121. The van der Waals surface area contributed by atoms with Gasteiger partial charge in [0.2, 0.25) is 5.91 Å². The molecule has 19 heavy (non-hydrogen) atoms. The van der Waals surface area contributed by atoms with Crippen LogP contribution in [0.5, 0.6) is 0 Å². The predicted octanol–water partition coefficient (Wildman–Crippen LogP) is 3.15. The first-order valence-electron chi connectivity index (χ1n) is 6.71. The minimum atomic E-state index is -1.02. The lowest BCUT2D eigenvalue weighted by atomic mass is 9.82. The molecule has 0 atom stereocenters. The van der Waals surface area contributed by atoms with Gasteiger partial charge in [0.15, 0.2) is 0 Å². The van der Waals surface area contributed by atoms with E-state index in [1.807, 2.05) is 0 Å². The number of nitrogens with one attached hydrogen (secondary N) is 1. The van der Waals surface area contributed by atoms with E-state index < -0.39 is 5.97 Å².